The zero-order valence-corrected chi connectivity index (χ0v) is 5.35. The fourth-order valence-electron chi connectivity index (χ4n) is 0.622. The van der Waals surface area contributed by atoms with E-state index in [4.69, 9.17) is 5.26 Å². The van der Waals surface area contributed by atoms with Gasteiger partial charge in [-0.2, -0.15) is 5.26 Å². The van der Waals surface area contributed by atoms with E-state index < -0.39 is 0 Å². The Morgan fingerprint density at radius 3 is 2.50 bits per heavy atom. The maximum atomic E-state index is 8.37. The zero-order chi connectivity index (χ0) is 6.41. The van der Waals surface area contributed by atoms with Crippen molar-refractivity contribution in [2.75, 3.05) is 0 Å². The summed E-state index contributed by atoms with van der Waals surface area (Å²) in [7, 11) is 0. The largest absolute Gasteiger partial charge is 0.198 e. The van der Waals surface area contributed by atoms with Crippen molar-refractivity contribution >= 4 is 0 Å². The van der Waals surface area contributed by atoms with Crippen LogP contribution in [0.5, 0.6) is 0 Å². The Morgan fingerprint density at radius 2 is 2.38 bits per heavy atom. The van der Waals surface area contributed by atoms with E-state index in [1.165, 1.54) is 0 Å². The van der Waals surface area contributed by atoms with Crippen molar-refractivity contribution in [1.29, 1.82) is 5.26 Å². The molecule has 1 heteroatoms. The van der Waals surface area contributed by atoms with E-state index in [1.54, 1.807) is 0 Å². The lowest BCUT2D eigenvalue weighted by molar-refractivity contribution is 0.599. The molecule has 0 saturated heterocycles. The molecular formula is C7H12N. The summed E-state index contributed by atoms with van der Waals surface area (Å²) < 4.78 is 0. The van der Waals surface area contributed by atoms with Gasteiger partial charge >= 0.3 is 0 Å². The molecule has 0 rings (SSSR count). The van der Waals surface area contributed by atoms with E-state index >= 15 is 0 Å². The smallest absolute Gasteiger partial charge is 0.0655 e. The quantitative estimate of drug-likeness (QED) is 0.546. The van der Waals surface area contributed by atoms with Gasteiger partial charge in [0.15, 0.2) is 0 Å². The first-order valence-corrected chi connectivity index (χ1v) is 3.04. The SMILES string of the molecule is [CH2]CC(C#N)CCC. The summed E-state index contributed by atoms with van der Waals surface area (Å²) in [4.78, 5) is 0. The molecule has 0 heterocycles. The third-order valence-electron chi connectivity index (χ3n) is 1.17. The van der Waals surface area contributed by atoms with Crippen molar-refractivity contribution in [3.05, 3.63) is 6.92 Å². The number of hydrogen-bond acceptors (Lipinski definition) is 1. The molecule has 1 unspecified atom stereocenters. The van der Waals surface area contributed by atoms with Gasteiger partial charge in [0, 0.05) is 5.92 Å². The first kappa shape index (κ1) is 7.49. The van der Waals surface area contributed by atoms with Crippen LogP contribution in [0.15, 0.2) is 0 Å². The Kier molecular flexibility index (Phi) is 4.35. The zero-order valence-electron chi connectivity index (χ0n) is 5.35. The van der Waals surface area contributed by atoms with Crippen LogP contribution >= 0.6 is 0 Å². The van der Waals surface area contributed by atoms with Crippen LogP contribution in [0.3, 0.4) is 0 Å². The highest BCUT2D eigenvalue weighted by molar-refractivity contribution is 4.82. The van der Waals surface area contributed by atoms with Gasteiger partial charge < -0.3 is 0 Å². The van der Waals surface area contributed by atoms with Crippen LogP contribution < -0.4 is 0 Å². The second kappa shape index (κ2) is 4.64. The van der Waals surface area contributed by atoms with Gasteiger partial charge in [-0.15, -0.1) is 0 Å². The Balaban J connectivity index is 3.26. The maximum Gasteiger partial charge on any atom is 0.0655 e. The molecule has 0 aliphatic rings. The average Bonchev–Trinajstić information content (AvgIpc) is 1.83. The summed E-state index contributed by atoms with van der Waals surface area (Å²) in [6.45, 7) is 5.74. The van der Waals surface area contributed by atoms with E-state index in [9.17, 15) is 0 Å². The Hall–Kier alpha value is -0.510. The Bertz CT molecular complexity index is 80.9. The van der Waals surface area contributed by atoms with Gasteiger partial charge in [-0.1, -0.05) is 20.3 Å². The van der Waals surface area contributed by atoms with E-state index in [1.807, 2.05) is 0 Å². The normalized spacial score (nSPS) is 12.6. The molecule has 0 aromatic heterocycles. The van der Waals surface area contributed by atoms with Gasteiger partial charge in [-0.05, 0) is 12.8 Å². The fourth-order valence-corrected chi connectivity index (χ4v) is 0.622. The summed E-state index contributed by atoms with van der Waals surface area (Å²) in [6.07, 6.45) is 2.85. The average molecular weight is 110 g/mol. The first-order valence-electron chi connectivity index (χ1n) is 3.04. The molecule has 45 valence electrons. The first-order chi connectivity index (χ1) is 3.85. The van der Waals surface area contributed by atoms with Gasteiger partial charge in [0.1, 0.15) is 0 Å². The van der Waals surface area contributed by atoms with E-state index in [0.29, 0.717) is 0 Å². The van der Waals surface area contributed by atoms with Crippen LogP contribution in [0.4, 0.5) is 0 Å². The summed E-state index contributed by atoms with van der Waals surface area (Å²) in [5.74, 6) is 0.194. The van der Waals surface area contributed by atoms with Gasteiger partial charge in [-0.3, -0.25) is 0 Å². The van der Waals surface area contributed by atoms with Crippen molar-refractivity contribution in [1.82, 2.24) is 0 Å². The number of nitriles is 1. The summed E-state index contributed by atoms with van der Waals surface area (Å²) in [6, 6.07) is 2.19. The predicted octanol–water partition coefficient (Wildman–Crippen LogP) is 2.15. The molecule has 0 amide bonds. The molecule has 0 aromatic carbocycles. The Morgan fingerprint density at radius 1 is 1.75 bits per heavy atom. The molecule has 0 aliphatic carbocycles. The van der Waals surface area contributed by atoms with Gasteiger partial charge in [0.05, 0.1) is 6.07 Å². The van der Waals surface area contributed by atoms with Crippen molar-refractivity contribution in [2.24, 2.45) is 5.92 Å². The van der Waals surface area contributed by atoms with E-state index in [0.717, 1.165) is 19.3 Å². The van der Waals surface area contributed by atoms with Gasteiger partial charge in [-0.25, -0.2) is 0 Å². The second-order valence-corrected chi connectivity index (χ2v) is 1.90. The monoisotopic (exact) mass is 110 g/mol. The predicted molar refractivity (Wildman–Crippen MR) is 34.0 cm³/mol. The molecule has 1 nitrogen and oxygen atoms in total. The molecule has 0 aromatic rings. The second-order valence-electron chi connectivity index (χ2n) is 1.90. The third-order valence-corrected chi connectivity index (χ3v) is 1.17. The maximum absolute atomic E-state index is 8.37. The lowest BCUT2D eigenvalue weighted by Crippen LogP contribution is -1.91. The van der Waals surface area contributed by atoms with Gasteiger partial charge in [0.2, 0.25) is 0 Å². The van der Waals surface area contributed by atoms with Crippen molar-refractivity contribution in [3.63, 3.8) is 0 Å². The highest BCUT2D eigenvalue weighted by Gasteiger charge is 1.99. The lowest BCUT2D eigenvalue weighted by Gasteiger charge is -1.99. The summed E-state index contributed by atoms with van der Waals surface area (Å²) in [5.41, 5.74) is 0. The number of hydrogen-bond donors (Lipinski definition) is 0. The van der Waals surface area contributed by atoms with Crippen LogP contribution in [0, 0.1) is 24.2 Å². The molecule has 1 atom stereocenters. The summed E-state index contributed by atoms with van der Waals surface area (Å²) >= 11 is 0. The minimum absolute atomic E-state index is 0.194. The van der Waals surface area contributed by atoms with Crippen LogP contribution in [-0.4, -0.2) is 0 Å². The van der Waals surface area contributed by atoms with E-state index in [-0.39, 0.29) is 5.92 Å². The van der Waals surface area contributed by atoms with Gasteiger partial charge in [0.25, 0.3) is 0 Å². The number of rotatable bonds is 3. The van der Waals surface area contributed by atoms with Crippen LogP contribution in [0.1, 0.15) is 26.2 Å². The molecule has 0 spiro atoms. The standard InChI is InChI=1S/C7H12N/c1-3-5-7(4-2)6-8/h7H,2-5H2,1H3. The molecule has 1 radical (unpaired) electrons. The molecule has 0 aliphatic heterocycles. The van der Waals surface area contributed by atoms with Crippen molar-refractivity contribution < 1.29 is 0 Å². The fraction of sp³-hybridized carbons (Fsp3) is 0.714. The summed E-state index contributed by atoms with van der Waals surface area (Å²) in [5, 5.41) is 8.37. The van der Waals surface area contributed by atoms with Crippen LogP contribution in [0.2, 0.25) is 0 Å². The molecule has 0 N–H and O–H groups in total. The molecule has 0 saturated carbocycles. The minimum Gasteiger partial charge on any atom is -0.198 e. The molecule has 0 fully saturated rings. The van der Waals surface area contributed by atoms with E-state index in [2.05, 4.69) is 19.9 Å². The number of nitrogens with zero attached hydrogens (tertiary/aromatic N) is 1. The van der Waals surface area contributed by atoms with Crippen molar-refractivity contribution in [3.8, 4) is 6.07 Å². The highest BCUT2D eigenvalue weighted by atomic mass is 14.3. The van der Waals surface area contributed by atoms with Crippen LogP contribution in [0.25, 0.3) is 0 Å². The minimum atomic E-state index is 0.194. The third kappa shape index (κ3) is 2.63. The topological polar surface area (TPSA) is 23.8 Å². The lowest BCUT2D eigenvalue weighted by atomic mass is 10.0. The molecular weight excluding hydrogens is 98.1 g/mol. The molecule has 8 heavy (non-hydrogen) atoms. The van der Waals surface area contributed by atoms with Crippen LogP contribution in [-0.2, 0) is 0 Å². The Labute approximate surface area is 51.3 Å². The molecule has 0 bridgehead atoms. The van der Waals surface area contributed by atoms with Crippen molar-refractivity contribution in [2.45, 2.75) is 26.2 Å². The highest BCUT2D eigenvalue weighted by Crippen LogP contribution is 2.07.